The van der Waals surface area contributed by atoms with Gasteiger partial charge in [-0.3, -0.25) is 0 Å². The van der Waals surface area contributed by atoms with E-state index >= 15 is 0 Å². The van der Waals surface area contributed by atoms with E-state index in [2.05, 4.69) is 41.5 Å². The van der Waals surface area contributed by atoms with Gasteiger partial charge in [-0.1, -0.05) is 20.8 Å². The van der Waals surface area contributed by atoms with Crippen molar-refractivity contribution in [2.75, 3.05) is 0 Å². The Kier molecular flexibility index (Phi) is 4.89. The van der Waals surface area contributed by atoms with Gasteiger partial charge in [0.25, 0.3) is 0 Å². The van der Waals surface area contributed by atoms with Gasteiger partial charge in [-0.2, -0.15) is 0 Å². The van der Waals surface area contributed by atoms with Crippen LogP contribution in [0.3, 0.4) is 0 Å². The van der Waals surface area contributed by atoms with E-state index in [0.717, 1.165) is 47.3 Å². The second-order valence-electron chi connectivity index (χ2n) is 6.01. The molecule has 0 spiro atoms. The van der Waals surface area contributed by atoms with Crippen molar-refractivity contribution in [2.24, 2.45) is 0 Å². The first kappa shape index (κ1) is 15.9. The van der Waals surface area contributed by atoms with Gasteiger partial charge >= 0.3 is 0 Å². The molecular formula is C17H28O2. The molecule has 1 aromatic rings. The van der Waals surface area contributed by atoms with Crippen molar-refractivity contribution in [2.45, 2.75) is 73.3 Å². The molecule has 0 unspecified atom stereocenters. The maximum Gasteiger partial charge on any atom is 0.127 e. The molecule has 0 radical (unpaired) electrons. The van der Waals surface area contributed by atoms with E-state index in [4.69, 9.17) is 4.74 Å². The summed E-state index contributed by atoms with van der Waals surface area (Å²) in [5.41, 5.74) is 4.09. The minimum absolute atomic E-state index is 0.220. The summed E-state index contributed by atoms with van der Waals surface area (Å²) < 4.78 is 6.21. The molecule has 0 heterocycles. The molecule has 0 aliphatic carbocycles. The second-order valence-corrected chi connectivity index (χ2v) is 6.01. The maximum atomic E-state index is 10.4. The molecule has 0 bridgehead atoms. The Morgan fingerprint density at radius 1 is 0.895 bits per heavy atom. The molecule has 1 N–H and O–H groups in total. The quantitative estimate of drug-likeness (QED) is 0.863. The first-order valence-electron chi connectivity index (χ1n) is 7.31. The summed E-state index contributed by atoms with van der Waals surface area (Å²) in [6.45, 7) is 14.5. The molecule has 0 fully saturated rings. The predicted octanol–water partition coefficient (Wildman–Crippen LogP) is 4.57. The number of phenolic OH excluding ortho intramolecular Hbond substituents is 1. The van der Waals surface area contributed by atoms with E-state index < -0.39 is 0 Å². The minimum Gasteiger partial charge on any atom is -0.507 e. The lowest BCUT2D eigenvalue weighted by Crippen LogP contribution is -2.25. The third kappa shape index (κ3) is 3.23. The van der Waals surface area contributed by atoms with E-state index in [-0.39, 0.29) is 5.60 Å². The third-order valence-electron chi connectivity index (χ3n) is 3.48. The Bertz CT molecular complexity index is 454. The zero-order chi connectivity index (χ0) is 14.8. The number of rotatable bonds is 4. The fourth-order valence-electron chi connectivity index (χ4n) is 2.61. The monoisotopic (exact) mass is 264 g/mol. The smallest absolute Gasteiger partial charge is 0.127 e. The van der Waals surface area contributed by atoms with E-state index in [9.17, 15) is 5.11 Å². The van der Waals surface area contributed by atoms with Gasteiger partial charge in [-0.15, -0.1) is 0 Å². The zero-order valence-corrected chi connectivity index (χ0v) is 13.5. The van der Waals surface area contributed by atoms with Crippen molar-refractivity contribution in [1.82, 2.24) is 0 Å². The van der Waals surface area contributed by atoms with Crippen LogP contribution in [0.25, 0.3) is 0 Å². The summed E-state index contributed by atoms with van der Waals surface area (Å²) >= 11 is 0. The van der Waals surface area contributed by atoms with Gasteiger partial charge in [0.05, 0.1) is 0 Å². The van der Waals surface area contributed by atoms with Gasteiger partial charge in [-0.25, -0.2) is 0 Å². The van der Waals surface area contributed by atoms with Gasteiger partial charge in [-0.05, 0) is 52.5 Å². The highest BCUT2D eigenvalue weighted by Gasteiger charge is 2.23. The molecule has 0 amide bonds. The van der Waals surface area contributed by atoms with E-state index in [1.165, 1.54) is 0 Å². The number of benzene rings is 1. The van der Waals surface area contributed by atoms with Crippen LogP contribution in [0.15, 0.2) is 0 Å². The standard InChI is InChI=1S/C17H28O2/c1-8-12-11(4)15(18)13(9-2)14(10-3)16(12)19-17(5,6)7/h18H,8-10H2,1-7H3. The van der Waals surface area contributed by atoms with Crippen LogP contribution in [0.2, 0.25) is 0 Å². The predicted molar refractivity (Wildman–Crippen MR) is 81.4 cm³/mol. The molecule has 0 aliphatic rings. The molecule has 0 atom stereocenters. The van der Waals surface area contributed by atoms with Gasteiger partial charge in [0.15, 0.2) is 0 Å². The molecule has 19 heavy (non-hydrogen) atoms. The Morgan fingerprint density at radius 3 is 1.74 bits per heavy atom. The molecule has 0 aromatic heterocycles. The van der Waals surface area contributed by atoms with Crippen molar-refractivity contribution in [3.05, 3.63) is 22.3 Å². The second kappa shape index (κ2) is 5.85. The SMILES string of the molecule is CCc1c(O)c(C)c(CC)c(OC(C)(C)C)c1CC. The maximum absolute atomic E-state index is 10.4. The molecule has 0 aliphatic heterocycles. The largest absolute Gasteiger partial charge is 0.507 e. The lowest BCUT2D eigenvalue weighted by Gasteiger charge is -2.28. The highest BCUT2D eigenvalue weighted by Crippen LogP contribution is 2.40. The fourth-order valence-corrected chi connectivity index (χ4v) is 2.61. The number of ether oxygens (including phenoxy) is 1. The minimum atomic E-state index is -0.220. The fraction of sp³-hybridized carbons (Fsp3) is 0.647. The molecule has 0 saturated carbocycles. The molecule has 108 valence electrons. The zero-order valence-electron chi connectivity index (χ0n) is 13.5. The van der Waals surface area contributed by atoms with Crippen molar-refractivity contribution in [3.8, 4) is 11.5 Å². The van der Waals surface area contributed by atoms with Gasteiger partial charge in [0, 0.05) is 16.7 Å². The average Bonchev–Trinajstić information content (AvgIpc) is 2.31. The Labute approximate surface area is 117 Å². The summed E-state index contributed by atoms with van der Waals surface area (Å²) in [6, 6.07) is 0. The first-order chi connectivity index (χ1) is 8.76. The van der Waals surface area contributed by atoms with Gasteiger partial charge in [0.2, 0.25) is 0 Å². The van der Waals surface area contributed by atoms with E-state index in [1.54, 1.807) is 0 Å². The lowest BCUT2D eigenvalue weighted by molar-refractivity contribution is 0.127. The van der Waals surface area contributed by atoms with Crippen LogP contribution in [0.1, 0.15) is 63.8 Å². The lowest BCUT2D eigenvalue weighted by atomic mass is 9.91. The van der Waals surface area contributed by atoms with Gasteiger partial charge in [0.1, 0.15) is 17.1 Å². The summed E-state index contributed by atoms with van der Waals surface area (Å²) in [4.78, 5) is 0. The van der Waals surface area contributed by atoms with Crippen molar-refractivity contribution >= 4 is 0 Å². The number of hydrogen-bond acceptors (Lipinski definition) is 2. The molecule has 0 saturated heterocycles. The molecule has 1 rings (SSSR count). The van der Waals surface area contributed by atoms with Crippen LogP contribution in [-0.2, 0) is 19.3 Å². The normalized spacial score (nSPS) is 11.7. The van der Waals surface area contributed by atoms with E-state index in [0.29, 0.717) is 5.75 Å². The van der Waals surface area contributed by atoms with Crippen molar-refractivity contribution in [1.29, 1.82) is 0 Å². The summed E-state index contributed by atoms with van der Waals surface area (Å²) in [7, 11) is 0. The third-order valence-corrected chi connectivity index (χ3v) is 3.48. The number of aromatic hydroxyl groups is 1. The van der Waals surface area contributed by atoms with E-state index in [1.807, 2.05) is 6.92 Å². The van der Waals surface area contributed by atoms with Crippen LogP contribution >= 0.6 is 0 Å². The highest BCUT2D eigenvalue weighted by molar-refractivity contribution is 5.58. The van der Waals surface area contributed by atoms with Crippen LogP contribution in [0.5, 0.6) is 11.5 Å². The Hall–Kier alpha value is -1.18. The van der Waals surface area contributed by atoms with Gasteiger partial charge < -0.3 is 9.84 Å². The summed E-state index contributed by atoms with van der Waals surface area (Å²) in [5.74, 6) is 1.45. The van der Waals surface area contributed by atoms with Crippen molar-refractivity contribution < 1.29 is 9.84 Å². The topological polar surface area (TPSA) is 29.5 Å². The Balaban J connectivity index is 3.60. The molecule has 1 aromatic carbocycles. The van der Waals surface area contributed by atoms with Crippen LogP contribution in [0.4, 0.5) is 0 Å². The molecule has 2 nitrogen and oxygen atoms in total. The highest BCUT2D eigenvalue weighted by atomic mass is 16.5. The molecule has 2 heteroatoms. The van der Waals surface area contributed by atoms with Crippen LogP contribution < -0.4 is 4.74 Å². The number of phenols is 1. The van der Waals surface area contributed by atoms with Crippen molar-refractivity contribution in [3.63, 3.8) is 0 Å². The summed E-state index contributed by atoms with van der Waals surface area (Å²) in [5, 5.41) is 10.4. The molecular weight excluding hydrogens is 236 g/mol. The van der Waals surface area contributed by atoms with Crippen LogP contribution in [-0.4, -0.2) is 10.7 Å². The Morgan fingerprint density at radius 2 is 1.37 bits per heavy atom. The van der Waals surface area contributed by atoms with Crippen LogP contribution in [0, 0.1) is 6.92 Å². The average molecular weight is 264 g/mol. The summed E-state index contributed by atoms with van der Waals surface area (Å²) in [6.07, 6.45) is 2.59. The first-order valence-corrected chi connectivity index (χ1v) is 7.31. The number of hydrogen-bond donors (Lipinski definition) is 1.